The number of nitrogens with one attached hydrogen (secondary N) is 1. The number of carbonyl (C=O) groups excluding carboxylic acids is 1. The van der Waals surface area contributed by atoms with Crippen LogP contribution in [0.3, 0.4) is 0 Å². The topological polar surface area (TPSA) is 117 Å². The van der Waals surface area contributed by atoms with Gasteiger partial charge in [-0.15, -0.1) is 5.10 Å². The van der Waals surface area contributed by atoms with Crippen molar-refractivity contribution in [2.45, 2.75) is 26.9 Å². The molecule has 168 valence electrons. The molecule has 0 aliphatic heterocycles. The maximum atomic E-state index is 12.4. The van der Waals surface area contributed by atoms with Crippen LogP contribution >= 0.6 is 0 Å². The summed E-state index contributed by atoms with van der Waals surface area (Å²) in [5.74, 6) is 0.150. The molecule has 3 aromatic heterocycles. The van der Waals surface area contributed by atoms with E-state index in [0.29, 0.717) is 11.5 Å². The molecule has 0 bridgehead atoms. The summed E-state index contributed by atoms with van der Waals surface area (Å²) in [5.41, 5.74) is 2.51. The Bertz CT molecular complexity index is 1400. The Hall–Kier alpha value is -4.34. The zero-order chi connectivity index (χ0) is 23.4. The van der Waals surface area contributed by atoms with E-state index < -0.39 is 0 Å². The fraction of sp³-hybridized carbons (Fsp3) is 0.217. The summed E-state index contributed by atoms with van der Waals surface area (Å²) in [4.78, 5) is 41.1. The maximum Gasteiger partial charge on any atom is 0.266 e. The van der Waals surface area contributed by atoms with Gasteiger partial charge in [-0.2, -0.15) is 5.10 Å². The van der Waals surface area contributed by atoms with Crippen molar-refractivity contribution in [1.29, 1.82) is 0 Å². The molecular formula is C23H23N7O3. The van der Waals surface area contributed by atoms with Gasteiger partial charge in [-0.1, -0.05) is 30.3 Å². The second kappa shape index (κ2) is 9.43. The third-order valence-electron chi connectivity index (χ3n) is 4.99. The van der Waals surface area contributed by atoms with E-state index in [0.717, 1.165) is 17.0 Å². The predicted molar refractivity (Wildman–Crippen MR) is 122 cm³/mol. The maximum absolute atomic E-state index is 12.4. The number of hydrogen-bond acceptors (Lipinski definition) is 6. The van der Waals surface area contributed by atoms with Crippen molar-refractivity contribution >= 4 is 5.91 Å². The van der Waals surface area contributed by atoms with Crippen molar-refractivity contribution in [2.75, 3.05) is 6.54 Å². The molecule has 0 fully saturated rings. The molecule has 0 atom stereocenters. The van der Waals surface area contributed by atoms with Gasteiger partial charge in [-0.25, -0.2) is 14.3 Å². The van der Waals surface area contributed by atoms with Gasteiger partial charge >= 0.3 is 0 Å². The monoisotopic (exact) mass is 445 g/mol. The molecule has 0 aliphatic carbocycles. The fourth-order valence-electron chi connectivity index (χ4n) is 3.40. The predicted octanol–water partition coefficient (Wildman–Crippen LogP) is 1.09. The number of nitrogens with zero attached hydrogens (tertiary/aromatic N) is 6. The van der Waals surface area contributed by atoms with E-state index in [9.17, 15) is 14.4 Å². The van der Waals surface area contributed by atoms with Gasteiger partial charge in [-0.05, 0) is 26.0 Å². The Morgan fingerprint density at radius 2 is 1.76 bits per heavy atom. The highest BCUT2D eigenvalue weighted by atomic mass is 16.2. The normalized spacial score (nSPS) is 10.8. The molecule has 0 unspecified atom stereocenters. The van der Waals surface area contributed by atoms with Crippen molar-refractivity contribution in [3.05, 3.63) is 93.0 Å². The van der Waals surface area contributed by atoms with E-state index in [1.165, 1.54) is 27.7 Å². The number of aryl methyl sites for hydroxylation is 2. The van der Waals surface area contributed by atoms with Gasteiger partial charge < -0.3 is 5.32 Å². The van der Waals surface area contributed by atoms with Gasteiger partial charge in [0.05, 0.1) is 24.3 Å². The molecule has 33 heavy (non-hydrogen) atoms. The van der Waals surface area contributed by atoms with Gasteiger partial charge in [0, 0.05) is 29.9 Å². The van der Waals surface area contributed by atoms with Crippen LogP contribution < -0.4 is 16.4 Å². The molecule has 4 rings (SSSR count). The smallest absolute Gasteiger partial charge is 0.266 e. The third-order valence-corrected chi connectivity index (χ3v) is 4.99. The van der Waals surface area contributed by atoms with Gasteiger partial charge in [-0.3, -0.25) is 19.0 Å². The van der Waals surface area contributed by atoms with Crippen molar-refractivity contribution < 1.29 is 4.79 Å². The van der Waals surface area contributed by atoms with Gasteiger partial charge in [0.15, 0.2) is 5.82 Å². The minimum absolute atomic E-state index is 0.172. The molecule has 0 radical (unpaired) electrons. The van der Waals surface area contributed by atoms with Crippen LogP contribution in [-0.4, -0.2) is 41.6 Å². The minimum atomic E-state index is -0.367. The highest BCUT2D eigenvalue weighted by Gasteiger charge is 2.09. The Kier molecular flexibility index (Phi) is 6.25. The number of benzene rings is 1. The largest absolute Gasteiger partial charge is 0.353 e. The summed E-state index contributed by atoms with van der Waals surface area (Å²) in [6.07, 6.45) is 1.36. The lowest BCUT2D eigenvalue weighted by Crippen LogP contribution is -2.36. The average molecular weight is 445 g/mol. The van der Waals surface area contributed by atoms with Crippen LogP contribution in [-0.2, 0) is 17.9 Å². The van der Waals surface area contributed by atoms with E-state index in [4.69, 9.17) is 0 Å². The molecular weight excluding hydrogens is 422 g/mol. The van der Waals surface area contributed by atoms with Crippen LogP contribution in [0.25, 0.3) is 17.1 Å². The Labute approximate surface area is 189 Å². The van der Waals surface area contributed by atoms with Crippen LogP contribution in [0, 0.1) is 13.8 Å². The van der Waals surface area contributed by atoms with E-state index in [2.05, 4.69) is 20.5 Å². The van der Waals surface area contributed by atoms with E-state index in [1.54, 1.807) is 10.7 Å². The molecule has 10 heteroatoms. The van der Waals surface area contributed by atoms with Crippen LogP contribution in [0.2, 0.25) is 0 Å². The SMILES string of the molecule is Cc1cc(C)n(-c2ccc(=O)n(CCNC(=O)Cn3cnc(-c4ccccc4)cc3=O)n2)n1. The second-order valence-electron chi connectivity index (χ2n) is 7.55. The van der Waals surface area contributed by atoms with Crippen molar-refractivity contribution in [3.8, 4) is 17.1 Å². The molecule has 1 N–H and O–H groups in total. The van der Waals surface area contributed by atoms with Crippen molar-refractivity contribution in [2.24, 2.45) is 0 Å². The van der Waals surface area contributed by atoms with Crippen LogP contribution in [0.15, 0.2) is 70.5 Å². The minimum Gasteiger partial charge on any atom is -0.353 e. The van der Waals surface area contributed by atoms with E-state index in [-0.39, 0.29) is 36.7 Å². The van der Waals surface area contributed by atoms with Crippen LogP contribution in [0.1, 0.15) is 11.4 Å². The Morgan fingerprint density at radius 3 is 2.45 bits per heavy atom. The Balaban J connectivity index is 1.37. The molecule has 4 aromatic rings. The van der Waals surface area contributed by atoms with Crippen molar-refractivity contribution in [3.63, 3.8) is 0 Å². The lowest BCUT2D eigenvalue weighted by molar-refractivity contribution is -0.121. The zero-order valence-corrected chi connectivity index (χ0v) is 18.3. The molecule has 3 heterocycles. The lowest BCUT2D eigenvalue weighted by atomic mass is 10.1. The quantitative estimate of drug-likeness (QED) is 0.455. The van der Waals surface area contributed by atoms with E-state index in [1.807, 2.05) is 50.2 Å². The molecule has 1 amide bonds. The zero-order valence-electron chi connectivity index (χ0n) is 18.3. The highest BCUT2D eigenvalue weighted by Crippen LogP contribution is 2.13. The summed E-state index contributed by atoms with van der Waals surface area (Å²) in [5, 5.41) is 11.4. The summed E-state index contributed by atoms with van der Waals surface area (Å²) in [6, 6.07) is 15.7. The lowest BCUT2D eigenvalue weighted by Gasteiger charge is -2.10. The first kappa shape index (κ1) is 21.9. The van der Waals surface area contributed by atoms with Crippen LogP contribution in [0.4, 0.5) is 0 Å². The summed E-state index contributed by atoms with van der Waals surface area (Å²) < 4.78 is 4.16. The summed E-state index contributed by atoms with van der Waals surface area (Å²) in [7, 11) is 0. The van der Waals surface area contributed by atoms with Gasteiger partial charge in [0.2, 0.25) is 5.91 Å². The van der Waals surface area contributed by atoms with Gasteiger partial charge in [0.1, 0.15) is 6.54 Å². The first-order valence-electron chi connectivity index (χ1n) is 10.4. The van der Waals surface area contributed by atoms with E-state index >= 15 is 0 Å². The average Bonchev–Trinajstić information content (AvgIpc) is 3.15. The number of carbonyl (C=O) groups is 1. The third kappa shape index (κ3) is 5.12. The summed E-state index contributed by atoms with van der Waals surface area (Å²) >= 11 is 0. The first-order valence-corrected chi connectivity index (χ1v) is 10.4. The fourth-order valence-corrected chi connectivity index (χ4v) is 3.40. The number of amides is 1. The molecule has 10 nitrogen and oxygen atoms in total. The number of hydrogen-bond donors (Lipinski definition) is 1. The molecule has 0 saturated heterocycles. The summed E-state index contributed by atoms with van der Waals surface area (Å²) in [6.45, 7) is 3.97. The number of rotatable bonds is 7. The molecule has 1 aromatic carbocycles. The number of aromatic nitrogens is 6. The molecule has 0 saturated carbocycles. The Morgan fingerprint density at radius 1 is 0.970 bits per heavy atom. The highest BCUT2D eigenvalue weighted by molar-refractivity contribution is 5.75. The molecule has 0 spiro atoms. The van der Waals surface area contributed by atoms with Gasteiger partial charge in [0.25, 0.3) is 11.1 Å². The standard InChI is InChI=1S/C23H23N7O3/c1-16-12-17(2)30(26-16)20-8-9-22(32)29(27-20)11-10-24-21(31)14-28-15-25-19(13-23(28)33)18-6-4-3-5-7-18/h3-9,12-13,15H,10-11,14H2,1-2H3,(H,24,31). The first-order chi connectivity index (χ1) is 15.9. The van der Waals surface area contributed by atoms with Crippen molar-refractivity contribution in [1.82, 2.24) is 34.4 Å². The van der Waals surface area contributed by atoms with Crippen LogP contribution in [0.5, 0.6) is 0 Å². The molecule has 0 aliphatic rings. The second-order valence-corrected chi connectivity index (χ2v) is 7.55.